The molecule has 0 radical (unpaired) electrons. The second-order valence-corrected chi connectivity index (χ2v) is 7.23. The van der Waals surface area contributed by atoms with Crippen LogP contribution in [0.1, 0.15) is 59.3 Å². The van der Waals surface area contributed by atoms with Gasteiger partial charge in [0.2, 0.25) is 11.8 Å². The molecule has 1 heterocycles. The molecule has 2 rings (SSSR count). The lowest BCUT2D eigenvalue weighted by atomic mass is 9.75. The van der Waals surface area contributed by atoms with Crippen LogP contribution in [0.4, 0.5) is 0 Å². The molecule has 1 N–H and O–H groups in total. The zero-order valence-corrected chi connectivity index (χ0v) is 13.1. The van der Waals surface area contributed by atoms with Crippen LogP contribution in [-0.4, -0.2) is 35.8 Å². The van der Waals surface area contributed by atoms with Gasteiger partial charge in [0.15, 0.2) is 0 Å². The molecular weight excluding hydrogens is 252 g/mol. The van der Waals surface area contributed by atoms with Gasteiger partial charge in [0, 0.05) is 32.0 Å². The third-order valence-corrected chi connectivity index (χ3v) is 5.00. The summed E-state index contributed by atoms with van der Waals surface area (Å²) >= 11 is 0. The molecule has 0 spiro atoms. The highest BCUT2D eigenvalue weighted by Crippen LogP contribution is 2.35. The highest BCUT2D eigenvalue weighted by atomic mass is 16.2. The number of likely N-dealkylation sites (tertiary alicyclic amines) is 1. The van der Waals surface area contributed by atoms with Gasteiger partial charge in [0.1, 0.15) is 0 Å². The molecule has 114 valence electrons. The van der Waals surface area contributed by atoms with Gasteiger partial charge in [-0.15, -0.1) is 0 Å². The summed E-state index contributed by atoms with van der Waals surface area (Å²) in [5, 5.41) is 3.23. The molecular formula is C16H28N2O2. The SMILES string of the molecule is CC(=O)N1CCC(C(=O)NC2CCC(C)(C)CC2)CC1. The topological polar surface area (TPSA) is 49.4 Å². The van der Waals surface area contributed by atoms with Gasteiger partial charge < -0.3 is 10.2 Å². The summed E-state index contributed by atoms with van der Waals surface area (Å²) in [6, 6.07) is 0.362. The fourth-order valence-corrected chi connectivity index (χ4v) is 3.32. The van der Waals surface area contributed by atoms with Crippen LogP contribution in [0.25, 0.3) is 0 Å². The molecule has 1 aliphatic heterocycles. The summed E-state index contributed by atoms with van der Waals surface area (Å²) in [6.45, 7) is 7.67. The van der Waals surface area contributed by atoms with Gasteiger partial charge in [-0.1, -0.05) is 13.8 Å². The molecule has 0 atom stereocenters. The molecule has 0 aromatic rings. The van der Waals surface area contributed by atoms with E-state index in [4.69, 9.17) is 0 Å². The third-order valence-electron chi connectivity index (χ3n) is 5.00. The quantitative estimate of drug-likeness (QED) is 0.844. The van der Waals surface area contributed by atoms with E-state index in [0.717, 1.165) is 38.8 Å². The van der Waals surface area contributed by atoms with Crippen LogP contribution in [0.5, 0.6) is 0 Å². The van der Waals surface area contributed by atoms with Crippen molar-refractivity contribution in [2.45, 2.75) is 65.3 Å². The zero-order valence-electron chi connectivity index (χ0n) is 13.1. The number of nitrogens with one attached hydrogen (secondary N) is 1. The van der Waals surface area contributed by atoms with Crippen molar-refractivity contribution in [2.24, 2.45) is 11.3 Å². The first-order valence-corrected chi connectivity index (χ1v) is 7.93. The van der Waals surface area contributed by atoms with E-state index in [0.29, 0.717) is 11.5 Å². The van der Waals surface area contributed by atoms with E-state index in [9.17, 15) is 9.59 Å². The minimum atomic E-state index is 0.0977. The van der Waals surface area contributed by atoms with Crippen LogP contribution in [0.2, 0.25) is 0 Å². The van der Waals surface area contributed by atoms with Crippen LogP contribution in [0.15, 0.2) is 0 Å². The van der Waals surface area contributed by atoms with Gasteiger partial charge in [0.05, 0.1) is 0 Å². The maximum atomic E-state index is 12.3. The maximum Gasteiger partial charge on any atom is 0.223 e. The highest BCUT2D eigenvalue weighted by molar-refractivity contribution is 5.79. The number of nitrogens with zero attached hydrogens (tertiary/aromatic N) is 1. The van der Waals surface area contributed by atoms with E-state index in [1.54, 1.807) is 6.92 Å². The second kappa shape index (κ2) is 6.15. The van der Waals surface area contributed by atoms with E-state index >= 15 is 0 Å². The molecule has 0 aromatic carbocycles. The summed E-state index contributed by atoms with van der Waals surface area (Å²) in [5.41, 5.74) is 0.439. The van der Waals surface area contributed by atoms with Crippen molar-refractivity contribution in [3.63, 3.8) is 0 Å². The molecule has 0 unspecified atom stereocenters. The number of amides is 2. The third kappa shape index (κ3) is 3.97. The van der Waals surface area contributed by atoms with Crippen molar-refractivity contribution in [3.8, 4) is 0 Å². The summed E-state index contributed by atoms with van der Waals surface area (Å²) in [7, 11) is 0. The lowest BCUT2D eigenvalue weighted by Crippen LogP contribution is -2.46. The Balaban J connectivity index is 1.75. The van der Waals surface area contributed by atoms with Crippen LogP contribution in [0.3, 0.4) is 0 Å². The first kappa shape index (κ1) is 15.3. The Morgan fingerprint density at radius 2 is 1.60 bits per heavy atom. The van der Waals surface area contributed by atoms with Crippen molar-refractivity contribution >= 4 is 11.8 Å². The monoisotopic (exact) mass is 280 g/mol. The average molecular weight is 280 g/mol. The number of piperidine rings is 1. The summed E-state index contributed by atoms with van der Waals surface area (Å²) in [4.78, 5) is 25.4. The maximum absolute atomic E-state index is 12.3. The van der Waals surface area contributed by atoms with Crippen molar-refractivity contribution in [2.75, 3.05) is 13.1 Å². The molecule has 0 bridgehead atoms. The van der Waals surface area contributed by atoms with Crippen molar-refractivity contribution in [1.82, 2.24) is 10.2 Å². The molecule has 0 aromatic heterocycles. The van der Waals surface area contributed by atoms with E-state index in [-0.39, 0.29) is 17.7 Å². The Morgan fingerprint density at radius 1 is 1.05 bits per heavy atom. The molecule has 1 saturated carbocycles. The predicted molar refractivity (Wildman–Crippen MR) is 79.2 cm³/mol. The van der Waals surface area contributed by atoms with Crippen molar-refractivity contribution < 1.29 is 9.59 Å². The fourth-order valence-electron chi connectivity index (χ4n) is 3.32. The Hall–Kier alpha value is -1.06. The molecule has 2 aliphatic rings. The van der Waals surface area contributed by atoms with E-state index in [1.165, 1.54) is 12.8 Å². The molecule has 4 nitrogen and oxygen atoms in total. The smallest absolute Gasteiger partial charge is 0.223 e. The lowest BCUT2D eigenvalue weighted by molar-refractivity contribution is -0.134. The lowest BCUT2D eigenvalue weighted by Gasteiger charge is -2.36. The van der Waals surface area contributed by atoms with E-state index < -0.39 is 0 Å². The van der Waals surface area contributed by atoms with Crippen molar-refractivity contribution in [3.05, 3.63) is 0 Å². The molecule has 1 aliphatic carbocycles. The molecule has 2 amide bonds. The average Bonchev–Trinajstić information content (AvgIpc) is 2.41. The van der Waals surface area contributed by atoms with Gasteiger partial charge in [-0.05, 0) is 43.9 Å². The molecule has 4 heteroatoms. The number of carbonyl (C=O) groups excluding carboxylic acids is 2. The van der Waals surface area contributed by atoms with E-state index in [1.807, 2.05) is 4.90 Å². The van der Waals surface area contributed by atoms with E-state index in [2.05, 4.69) is 19.2 Å². The zero-order chi connectivity index (χ0) is 14.8. The largest absolute Gasteiger partial charge is 0.353 e. The van der Waals surface area contributed by atoms with Crippen LogP contribution in [-0.2, 0) is 9.59 Å². The number of hydrogen-bond acceptors (Lipinski definition) is 2. The Bertz CT molecular complexity index is 361. The first-order valence-electron chi connectivity index (χ1n) is 7.93. The number of hydrogen-bond donors (Lipinski definition) is 1. The van der Waals surface area contributed by atoms with Gasteiger partial charge in [-0.2, -0.15) is 0 Å². The van der Waals surface area contributed by atoms with Crippen LogP contribution in [0, 0.1) is 11.3 Å². The summed E-state index contributed by atoms with van der Waals surface area (Å²) in [6.07, 6.45) is 6.21. The Kier molecular flexibility index (Phi) is 4.71. The predicted octanol–water partition coefficient (Wildman–Crippen LogP) is 2.33. The standard InChI is InChI=1S/C16H28N2O2/c1-12(19)18-10-6-13(7-11-18)15(20)17-14-4-8-16(2,3)9-5-14/h13-14H,4-11H2,1-3H3,(H,17,20). The van der Waals surface area contributed by atoms with Crippen LogP contribution >= 0.6 is 0 Å². The number of rotatable bonds is 2. The van der Waals surface area contributed by atoms with Gasteiger partial charge >= 0.3 is 0 Å². The number of carbonyl (C=O) groups is 2. The molecule has 2 fully saturated rings. The highest BCUT2D eigenvalue weighted by Gasteiger charge is 2.30. The van der Waals surface area contributed by atoms with Gasteiger partial charge in [-0.3, -0.25) is 9.59 Å². The van der Waals surface area contributed by atoms with Gasteiger partial charge in [-0.25, -0.2) is 0 Å². The minimum absolute atomic E-state index is 0.0977. The normalized spacial score (nSPS) is 24.4. The second-order valence-electron chi connectivity index (χ2n) is 7.23. The summed E-state index contributed by atoms with van der Waals surface area (Å²) in [5.74, 6) is 0.428. The van der Waals surface area contributed by atoms with Crippen LogP contribution < -0.4 is 5.32 Å². The Labute approximate surface area is 122 Å². The first-order chi connectivity index (χ1) is 9.37. The molecule has 1 saturated heterocycles. The van der Waals surface area contributed by atoms with Crippen molar-refractivity contribution in [1.29, 1.82) is 0 Å². The molecule has 20 heavy (non-hydrogen) atoms. The summed E-state index contributed by atoms with van der Waals surface area (Å²) < 4.78 is 0. The Morgan fingerprint density at radius 3 is 2.10 bits per heavy atom. The fraction of sp³-hybridized carbons (Fsp3) is 0.875. The minimum Gasteiger partial charge on any atom is -0.353 e. The van der Waals surface area contributed by atoms with Gasteiger partial charge in [0.25, 0.3) is 0 Å².